The number of halogens is 2. The van der Waals surface area contributed by atoms with Gasteiger partial charge in [0, 0.05) is 5.69 Å². The van der Waals surface area contributed by atoms with Gasteiger partial charge in [-0.15, -0.1) is 0 Å². The molecule has 1 heterocycles. The van der Waals surface area contributed by atoms with Gasteiger partial charge in [0.05, 0.1) is 0 Å². The molecule has 3 N–H and O–H groups in total. The van der Waals surface area contributed by atoms with Gasteiger partial charge in [-0.05, 0) is 24.3 Å². The molecule has 0 unspecified atom stereocenters. The molecule has 0 spiro atoms. The summed E-state index contributed by atoms with van der Waals surface area (Å²) in [5.74, 6) is 0.279. The minimum absolute atomic E-state index is 0.196. The highest BCUT2D eigenvalue weighted by Gasteiger charge is 2.06. The molecular weight excluding hydrogens is 231 g/mol. The SMILES string of the molecule is Nc1ncnc(Nc2ccc(F)cc2)c1Cl. The summed E-state index contributed by atoms with van der Waals surface area (Å²) < 4.78 is 12.7. The zero-order valence-corrected chi connectivity index (χ0v) is 8.87. The molecule has 0 saturated heterocycles. The lowest BCUT2D eigenvalue weighted by molar-refractivity contribution is 0.628. The van der Waals surface area contributed by atoms with Crippen molar-refractivity contribution in [1.82, 2.24) is 9.97 Å². The highest BCUT2D eigenvalue weighted by Crippen LogP contribution is 2.26. The minimum Gasteiger partial charge on any atom is -0.382 e. The Kier molecular flexibility index (Phi) is 2.87. The zero-order chi connectivity index (χ0) is 11.5. The van der Waals surface area contributed by atoms with Crippen LogP contribution in [0.25, 0.3) is 0 Å². The molecule has 0 radical (unpaired) electrons. The number of benzene rings is 1. The number of rotatable bonds is 2. The van der Waals surface area contributed by atoms with Crippen molar-refractivity contribution in [3.63, 3.8) is 0 Å². The normalized spacial score (nSPS) is 10.1. The first kappa shape index (κ1) is 10.6. The molecule has 82 valence electrons. The molecule has 16 heavy (non-hydrogen) atoms. The van der Waals surface area contributed by atoms with Gasteiger partial charge in [-0.25, -0.2) is 14.4 Å². The van der Waals surface area contributed by atoms with Crippen molar-refractivity contribution in [2.24, 2.45) is 0 Å². The molecule has 0 amide bonds. The molecule has 0 atom stereocenters. The quantitative estimate of drug-likeness (QED) is 0.844. The maximum absolute atomic E-state index is 12.7. The summed E-state index contributed by atoms with van der Waals surface area (Å²) in [6.07, 6.45) is 1.30. The number of aromatic nitrogens is 2. The van der Waals surface area contributed by atoms with Crippen molar-refractivity contribution in [3.8, 4) is 0 Å². The number of hydrogen-bond acceptors (Lipinski definition) is 4. The van der Waals surface area contributed by atoms with Crippen molar-refractivity contribution in [1.29, 1.82) is 0 Å². The average molecular weight is 239 g/mol. The van der Waals surface area contributed by atoms with Crippen LogP contribution >= 0.6 is 11.6 Å². The molecule has 2 rings (SSSR count). The van der Waals surface area contributed by atoms with Crippen molar-refractivity contribution in [3.05, 3.63) is 41.4 Å². The van der Waals surface area contributed by atoms with Crippen molar-refractivity contribution < 1.29 is 4.39 Å². The summed E-state index contributed by atoms with van der Waals surface area (Å²) in [4.78, 5) is 7.66. The lowest BCUT2D eigenvalue weighted by Crippen LogP contribution is -1.99. The molecular formula is C10H8ClFN4. The van der Waals surface area contributed by atoms with Crippen molar-refractivity contribution in [2.75, 3.05) is 11.1 Å². The third-order valence-corrected chi connectivity index (χ3v) is 2.30. The predicted octanol–water partition coefficient (Wildman–Crippen LogP) is 2.59. The van der Waals surface area contributed by atoms with Crippen LogP contribution in [0.5, 0.6) is 0 Å². The highest BCUT2D eigenvalue weighted by molar-refractivity contribution is 6.35. The fourth-order valence-corrected chi connectivity index (χ4v) is 1.29. The molecule has 0 aliphatic carbocycles. The Hall–Kier alpha value is -1.88. The van der Waals surface area contributed by atoms with Crippen molar-refractivity contribution in [2.45, 2.75) is 0 Å². The Balaban J connectivity index is 2.27. The number of nitrogens with one attached hydrogen (secondary N) is 1. The largest absolute Gasteiger partial charge is 0.382 e. The zero-order valence-electron chi connectivity index (χ0n) is 8.11. The van der Waals surface area contributed by atoms with E-state index in [9.17, 15) is 4.39 Å². The van der Waals surface area contributed by atoms with E-state index in [4.69, 9.17) is 17.3 Å². The second-order valence-corrected chi connectivity index (χ2v) is 3.43. The summed E-state index contributed by atoms with van der Waals surface area (Å²) in [5.41, 5.74) is 6.18. The first-order chi connectivity index (χ1) is 7.66. The highest BCUT2D eigenvalue weighted by atomic mass is 35.5. The lowest BCUT2D eigenvalue weighted by atomic mass is 10.3. The topological polar surface area (TPSA) is 63.8 Å². The van der Waals surface area contributed by atoms with Crippen LogP contribution < -0.4 is 11.1 Å². The van der Waals surface area contributed by atoms with Gasteiger partial charge >= 0.3 is 0 Å². The standard InChI is InChI=1S/C10H8ClFN4/c11-8-9(13)14-5-15-10(8)16-7-3-1-6(12)2-4-7/h1-5H,(H3,13,14,15,16). The second-order valence-electron chi connectivity index (χ2n) is 3.05. The second kappa shape index (κ2) is 4.32. The van der Waals surface area contributed by atoms with Gasteiger partial charge in [-0.2, -0.15) is 0 Å². The molecule has 0 aliphatic rings. The van der Waals surface area contributed by atoms with Crippen LogP contribution in [0.15, 0.2) is 30.6 Å². The fourth-order valence-electron chi connectivity index (χ4n) is 1.14. The first-order valence-corrected chi connectivity index (χ1v) is 4.83. The summed E-state index contributed by atoms with van der Waals surface area (Å²) in [7, 11) is 0. The van der Waals surface area contributed by atoms with Crippen LogP contribution in [0.4, 0.5) is 21.7 Å². The average Bonchev–Trinajstić information content (AvgIpc) is 2.28. The van der Waals surface area contributed by atoms with Crippen LogP contribution in [0.3, 0.4) is 0 Å². The monoisotopic (exact) mass is 238 g/mol. The Morgan fingerprint density at radius 3 is 2.56 bits per heavy atom. The molecule has 0 bridgehead atoms. The minimum atomic E-state index is -0.307. The summed E-state index contributed by atoms with van der Waals surface area (Å²) in [5, 5.41) is 3.15. The lowest BCUT2D eigenvalue weighted by Gasteiger charge is -2.07. The van der Waals surface area contributed by atoms with Crippen LogP contribution in [0, 0.1) is 5.82 Å². The Labute approximate surface area is 96.3 Å². The van der Waals surface area contributed by atoms with E-state index in [2.05, 4.69) is 15.3 Å². The Morgan fingerprint density at radius 1 is 1.19 bits per heavy atom. The van der Waals surface area contributed by atoms with Gasteiger partial charge in [0.25, 0.3) is 0 Å². The predicted molar refractivity (Wildman–Crippen MR) is 61.1 cm³/mol. The van der Waals surface area contributed by atoms with E-state index in [0.29, 0.717) is 11.5 Å². The number of nitrogens with zero attached hydrogens (tertiary/aromatic N) is 2. The molecule has 1 aromatic heterocycles. The van der Waals surface area contributed by atoms with Gasteiger partial charge in [0.15, 0.2) is 5.82 Å². The summed E-state index contributed by atoms with van der Waals surface area (Å²) >= 11 is 5.89. The van der Waals surface area contributed by atoms with Gasteiger partial charge in [-0.1, -0.05) is 11.6 Å². The molecule has 6 heteroatoms. The van der Waals surface area contributed by atoms with Gasteiger partial charge in [-0.3, -0.25) is 0 Å². The van der Waals surface area contributed by atoms with Gasteiger partial charge < -0.3 is 11.1 Å². The summed E-state index contributed by atoms with van der Waals surface area (Å²) in [6.45, 7) is 0. The van der Waals surface area contributed by atoms with E-state index in [-0.39, 0.29) is 16.7 Å². The Bertz CT molecular complexity index is 501. The molecule has 4 nitrogen and oxygen atoms in total. The molecule has 2 aromatic rings. The van der Waals surface area contributed by atoms with E-state index in [1.165, 1.54) is 18.5 Å². The van der Waals surface area contributed by atoms with E-state index in [1.807, 2.05) is 0 Å². The van der Waals surface area contributed by atoms with Gasteiger partial charge in [0.2, 0.25) is 0 Å². The third-order valence-electron chi connectivity index (χ3n) is 1.92. The summed E-state index contributed by atoms with van der Waals surface area (Å²) in [6, 6.07) is 5.81. The van der Waals surface area contributed by atoms with E-state index in [0.717, 1.165) is 0 Å². The molecule has 0 fully saturated rings. The van der Waals surface area contributed by atoms with Gasteiger partial charge in [0.1, 0.15) is 23.0 Å². The number of nitrogens with two attached hydrogens (primary N) is 1. The van der Waals surface area contributed by atoms with Crippen LogP contribution in [0.1, 0.15) is 0 Å². The first-order valence-electron chi connectivity index (χ1n) is 4.45. The van der Waals surface area contributed by atoms with E-state index in [1.54, 1.807) is 12.1 Å². The third kappa shape index (κ3) is 2.20. The fraction of sp³-hybridized carbons (Fsp3) is 0. The number of hydrogen-bond donors (Lipinski definition) is 2. The smallest absolute Gasteiger partial charge is 0.154 e. The van der Waals surface area contributed by atoms with Crippen LogP contribution in [0.2, 0.25) is 5.02 Å². The van der Waals surface area contributed by atoms with E-state index < -0.39 is 0 Å². The van der Waals surface area contributed by atoms with Crippen LogP contribution in [-0.2, 0) is 0 Å². The maximum atomic E-state index is 12.7. The molecule has 0 saturated carbocycles. The number of anilines is 3. The molecule has 0 aliphatic heterocycles. The maximum Gasteiger partial charge on any atom is 0.154 e. The Morgan fingerprint density at radius 2 is 1.88 bits per heavy atom. The molecule has 1 aromatic carbocycles. The van der Waals surface area contributed by atoms with Crippen LogP contribution in [-0.4, -0.2) is 9.97 Å². The van der Waals surface area contributed by atoms with Crippen molar-refractivity contribution >= 4 is 28.9 Å². The van der Waals surface area contributed by atoms with E-state index >= 15 is 0 Å². The number of nitrogen functional groups attached to an aromatic ring is 1.